The van der Waals surface area contributed by atoms with Crippen molar-refractivity contribution in [3.63, 3.8) is 0 Å². The van der Waals surface area contributed by atoms with Crippen LogP contribution in [0.4, 0.5) is 5.69 Å². The fraction of sp³-hybridized carbons (Fsp3) is 0.545. The van der Waals surface area contributed by atoms with Gasteiger partial charge in [0.05, 0.1) is 12.7 Å². The molecule has 1 unspecified atom stereocenters. The second-order valence-electron chi connectivity index (χ2n) is 3.51. The molecule has 1 aromatic rings. The number of rotatable bonds is 6. The highest BCUT2D eigenvalue weighted by Gasteiger charge is 2.07. The molecule has 4 nitrogen and oxygen atoms in total. The van der Waals surface area contributed by atoms with Crippen molar-refractivity contribution < 1.29 is 9.84 Å². The van der Waals surface area contributed by atoms with Crippen LogP contribution in [-0.2, 0) is 11.2 Å². The number of nitrogens with zero attached hydrogens (tertiary/aromatic N) is 1. The Bertz CT molecular complexity index is 292. The van der Waals surface area contributed by atoms with Gasteiger partial charge in [-0.1, -0.05) is 6.92 Å². The summed E-state index contributed by atoms with van der Waals surface area (Å²) >= 11 is 0. The Kier molecular flexibility index (Phi) is 5.07. The van der Waals surface area contributed by atoms with Crippen molar-refractivity contribution in [2.45, 2.75) is 25.9 Å². The van der Waals surface area contributed by atoms with Gasteiger partial charge in [0.2, 0.25) is 0 Å². The minimum absolute atomic E-state index is 0.349. The lowest BCUT2D eigenvalue weighted by molar-refractivity contribution is 0.0374. The predicted octanol–water partition coefficient (Wildman–Crippen LogP) is 0.994. The van der Waals surface area contributed by atoms with Gasteiger partial charge in [-0.05, 0) is 18.1 Å². The van der Waals surface area contributed by atoms with Gasteiger partial charge in [-0.25, -0.2) is 0 Å². The number of anilines is 1. The standard InChI is InChI=1S/C11H18N2O2/c1-2-5-15-8-10(14)6-9-7-13-4-3-11(9)12/h3-4,7,10,14H,2,5-6,8H2,1H3,(H2,12,13). The average Bonchev–Trinajstić information content (AvgIpc) is 2.22. The van der Waals surface area contributed by atoms with Crippen LogP contribution in [0.5, 0.6) is 0 Å². The fourth-order valence-electron chi connectivity index (χ4n) is 1.28. The van der Waals surface area contributed by atoms with Crippen LogP contribution in [0.2, 0.25) is 0 Å². The Morgan fingerprint density at radius 2 is 2.40 bits per heavy atom. The van der Waals surface area contributed by atoms with E-state index in [0.29, 0.717) is 25.3 Å². The molecule has 15 heavy (non-hydrogen) atoms. The van der Waals surface area contributed by atoms with E-state index in [1.807, 2.05) is 6.92 Å². The highest BCUT2D eigenvalue weighted by atomic mass is 16.5. The minimum atomic E-state index is -0.511. The third-order valence-corrected chi connectivity index (χ3v) is 2.06. The van der Waals surface area contributed by atoms with Crippen LogP contribution in [-0.4, -0.2) is 29.4 Å². The van der Waals surface area contributed by atoms with Gasteiger partial charge in [0.1, 0.15) is 0 Å². The number of nitrogen functional groups attached to an aromatic ring is 1. The number of nitrogens with two attached hydrogens (primary N) is 1. The summed E-state index contributed by atoms with van der Waals surface area (Å²) < 4.78 is 5.25. The number of aliphatic hydroxyl groups excluding tert-OH is 1. The molecule has 1 atom stereocenters. The summed E-state index contributed by atoms with van der Waals surface area (Å²) in [5.41, 5.74) is 7.26. The number of aromatic nitrogens is 1. The minimum Gasteiger partial charge on any atom is -0.398 e. The van der Waals surface area contributed by atoms with Gasteiger partial charge in [0.15, 0.2) is 0 Å². The maximum atomic E-state index is 9.65. The van der Waals surface area contributed by atoms with Crippen molar-refractivity contribution in [2.24, 2.45) is 0 Å². The van der Waals surface area contributed by atoms with E-state index in [4.69, 9.17) is 10.5 Å². The molecule has 0 fully saturated rings. The second kappa shape index (κ2) is 6.37. The molecule has 0 spiro atoms. The molecule has 1 rings (SSSR count). The Labute approximate surface area is 90.1 Å². The quantitative estimate of drug-likeness (QED) is 0.687. The number of hydrogen-bond donors (Lipinski definition) is 2. The first-order valence-corrected chi connectivity index (χ1v) is 5.18. The highest BCUT2D eigenvalue weighted by Crippen LogP contribution is 2.11. The van der Waals surface area contributed by atoms with Gasteiger partial charge in [0, 0.05) is 31.1 Å². The lowest BCUT2D eigenvalue weighted by atomic mass is 10.1. The first kappa shape index (κ1) is 11.9. The summed E-state index contributed by atoms with van der Waals surface area (Å²) in [6, 6.07) is 1.73. The molecule has 0 aliphatic heterocycles. The van der Waals surface area contributed by atoms with Crippen molar-refractivity contribution in [1.82, 2.24) is 4.98 Å². The third-order valence-electron chi connectivity index (χ3n) is 2.06. The predicted molar refractivity (Wildman–Crippen MR) is 59.5 cm³/mol. The van der Waals surface area contributed by atoms with Gasteiger partial charge in [-0.3, -0.25) is 4.98 Å². The van der Waals surface area contributed by atoms with Gasteiger partial charge in [0.25, 0.3) is 0 Å². The summed E-state index contributed by atoms with van der Waals surface area (Å²) in [6.07, 6.45) is 4.26. The number of hydrogen-bond acceptors (Lipinski definition) is 4. The van der Waals surface area contributed by atoms with E-state index >= 15 is 0 Å². The third kappa shape index (κ3) is 4.27. The molecule has 0 aromatic carbocycles. The molecule has 0 bridgehead atoms. The number of aliphatic hydroxyl groups is 1. The van der Waals surface area contributed by atoms with Crippen LogP contribution in [0.25, 0.3) is 0 Å². The fourth-order valence-corrected chi connectivity index (χ4v) is 1.28. The van der Waals surface area contributed by atoms with Crippen LogP contribution in [0.3, 0.4) is 0 Å². The Hall–Kier alpha value is -1.13. The maximum absolute atomic E-state index is 9.65. The lowest BCUT2D eigenvalue weighted by Crippen LogP contribution is -2.19. The van der Waals surface area contributed by atoms with Crippen molar-refractivity contribution in [3.05, 3.63) is 24.0 Å². The molecule has 3 N–H and O–H groups in total. The molecule has 4 heteroatoms. The average molecular weight is 210 g/mol. The molecule has 84 valence electrons. The summed E-state index contributed by atoms with van der Waals surface area (Å²) in [6.45, 7) is 3.06. The van der Waals surface area contributed by atoms with Gasteiger partial charge < -0.3 is 15.6 Å². The molecular weight excluding hydrogens is 192 g/mol. The van der Waals surface area contributed by atoms with Crippen LogP contribution < -0.4 is 5.73 Å². The molecule has 1 heterocycles. The largest absolute Gasteiger partial charge is 0.398 e. The molecule has 0 radical (unpaired) electrons. The molecule has 0 saturated carbocycles. The number of pyridine rings is 1. The van der Waals surface area contributed by atoms with Crippen LogP contribution in [0, 0.1) is 0 Å². The second-order valence-corrected chi connectivity index (χ2v) is 3.51. The smallest absolute Gasteiger partial charge is 0.0815 e. The zero-order chi connectivity index (χ0) is 11.1. The van der Waals surface area contributed by atoms with E-state index in [9.17, 15) is 5.11 Å². The molecule has 0 aliphatic carbocycles. The zero-order valence-electron chi connectivity index (χ0n) is 9.02. The van der Waals surface area contributed by atoms with E-state index in [-0.39, 0.29) is 0 Å². The summed E-state index contributed by atoms with van der Waals surface area (Å²) in [5, 5.41) is 9.65. The monoisotopic (exact) mass is 210 g/mol. The normalized spacial score (nSPS) is 12.7. The molecule has 1 aromatic heterocycles. The summed E-state index contributed by atoms with van der Waals surface area (Å²) in [5.74, 6) is 0. The van der Waals surface area contributed by atoms with Crippen molar-refractivity contribution in [1.29, 1.82) is 0 Å². The van der Waals surface area contributed by atoms with Gasteiger partial charge in [-0.15, -0.1) is 0 Å². The van der Waals surface area contributed by atoms with Gasteiger partial charge in [-0.2, -0.15) is 0 Å². The molecule has 0 aliphatic rings. The van der Waals surface area contributed by atoms with Crippen molar-refractivity contribution in [3.8, 4) is 0 Å². The lowest BCUT2D eigenvalue weighted by Gasteiger charge is -2.11. The van der Waals surface area contributed by atoms with E-state index in [0.717, 1.165) is 12.0 Å². The first-order chi connectivity index (χ1) is 7.24. The highest BCUT2D eigenvalue weighted by molar-refractivity contribution is 5.44. The van der Waals surface area contributed by atoms with Crippen LogP contribution in [0.1, 0.15) is 18.9 Å². The molecular formula is C11H18N2O2. The first-order valence-electron chi connectivity index (χ1n) is 5.18. The van der Waals surface area contributed by atoms with E-state index < -0.39 is 6.10 Å². The molecule has 0 saturated heterocycles. The number of ether oxygens (including phenoxy) is 1. The maximum Gasteiger partial charge on any atom is 0.0815 e. The summed E-state index contributed by atoms with van der Waals surface area (Å²) in [7, 11) is 0. The Morgan fingerprint density at radius 3 is 3.07 bits per heavy atom. The Balaban J connectivity index is 2.37. The van der Waals surface area contributed by atoms with E-state index in [2.05, 4.69) is 4.98 Å². The van der Waals surface area contributed by atoms with Crippen LogP contribution >= 0.6 is 0 Å². The molecule has 0 amide bonds. The van der Waals surface area contributed by atoms with Crippen molar-refractivity contribution >= 4 is 5.69 Å². The van der Waals surface area contributed by atoms with Crippen molar-refractivity contribution in [2.75, 3.05) is 18.9 Å². The van der Waals surface area contributed by atoms with Crippen LogP contribution in [0.15, 0.2) is 18.5 Å². The van der Waals surface area contributed by atoms with E-state index in [1.54, 1.807) is 18.5 Å². The SMILES string of the molecule is CCCOCC(O)Cc1cnccc1N. The zero-order valence-corrected chi connectivity index (χ0v) is 9.02. The topological polar surface area (TPSA) is 68.4 Å². The Morgan fingerprint density at radius 1 is 1.60 bits per heavy atom. The summed E-state index contributed by atoms with van der Waals surface area (Å²) in [4.78, 5) is 3.96. The van der Waals surface area contributed by atoms with Gasteiger partial charge >= 0.3 is 0 Å². The van der Waals surface area contributed by atoms with E-state index in [1.165, 1.54) is 0 Å².